The van der Waals surface area contributed by atoms with Crippen molar-refractivity contribution >= 4 is 5.82 Å². The van der Waals surface area contributed by atoms with Crippen LogP contribution >= 0.6 is 0 Å². The third-order valence-electron chi connectivity index (χ3n) is 2.24. The highest BCUT2D eigenvalue weighted by Gasteiger charge is 2.04. The van der Waals surface area contributed by atoms with Crippen LogP contribution in [0, 0.1) is 0 Å². The number of nitrogens with zero attached hydrogens (tertiary/aromatic N) is 3. The highest BCUT2D eigenvalue weighted by Crippen LogP contribution is 2.11. The summed E-state index contributed by atoms with van der Waals surface area (Å²) in [5, 5.41) is 8.85. The molecule has 2 aromatic heterocycles. The summed E-state index contributed by atoms with van der Waals surface area (Å²) in [6.45, 7) is 0.627. The number of aliphatic hydroxyl groups is 1. The molecule has 5 nitrogen and oxygen atoms in total. The van der Waals surface area contributed by atoms with Gasteiger partial charge in [0.05, 0.1) is 37.2 Å². The van der Waals surface area contributed by atoms with Crippen LogP contribution in [0.25, 0.3) is 0 Å². The van der Waals surface area contributed by atoms with Crippen molar-refractivity contribution in [3.8, 4) is 0 Å². The van der Waals surface area contributed by atoms with Crippen molar-refractivity contribution in [3.05, 3.63) is 42.2 Å². The van der Waals surface area contributed by atoms with Gasteiger partial charge < -0.3 is 14.4 Å². The first-order chi connectivity index (χ1) is 7.79. The average molecular weight is 219 g/mol. The van der Waals surface area contributed by atoms with E-state index in [1.807, 2.05) is 18.0 Å². The van der Waals surface area contributed by atoms with Crippen LogP contribution < -0.4 is 4.90 Å². The Morgan fingerprint density at radius 3 is 2.81 bits per heavy atom. The number of furan rings is 1. The minimum absolute atomic E-state index is 0.0846. The van der Waals surface area contributed by atoms with Crippen molar-refractivity contribution in [1.29, 1.82) is 0 Å². The van der Waals surface area contributed by atoms with Gasteiger partial charge in [-0.05, 0) is 6.07 Å². The normalized spacial score (nSPS) is 10.4. The Hall–Kier alpha value is -1.88. The van der Waals surface area contributed by atoms with E-state index >= 15 is 0 Å². The molecule has 0 unspecified atom stereocenters. The molecule has 0 amide bonds. The van der Waals surface area contributed by atoms with Gasteiger partial charge >= 0.3 is 0 Å². The molecule has 0 fully saturated rings. The minimum Gasteiger partial charge on any atom is -0.472 e. The van der Waals surface area contributed by atoms with Crippen LogP contribution in [-0.4, -0.2) is 22.1 Å². The van der Waals surface area contributed by atoms with E-state index in [1.165, 1.54) is 0 Å². The predicted octanol–water partition coefficient (Wildman–Crippen LogP) is 1.20. The number of rotatable bonds is 4. The standard InChI is InChI=1S/C11H13N3O2/c1-14(6-9-2-3-16-8-9)11-5-12-10(7-15)4-13-11/h2-5,8,15H,6-7H2,1H3. The van der Waals surface area contributed by atoms with E-state index in [4.69, 9.17) is 9.52 Å². The maximum atomic E-state index is 8.85. The Morgan fingerprint density at radius 2 is 2.25 bits per heavy atom. The topological polar surface area (TPSA) is 62.4 Å². The lowest BCUT2D eigenvalue weighted by atomic mass is 10.3. The summed E-state index contributed by atoms with van der Waals surface area (Å²) in [6.07, 6.45) is 6.56. The zero-order chi connectivity index (χ0) is 11.4. The lowest BCUT2D eigenvalue weighted by Gasteiger charge is -2.16. The van der Waals surface area contributed by atoms with Crippen LogP contribution in [0.1, 0.15) is 11.3 Å². The van der Waals surface area contributed by atoms with E-state index in [1.54, 1.807) is 24.9 Å². The largest absolute Gasteiger partial charge is 0.472 e. The van der Waals surface area contributed by atoms with Gasteiger partial charge in [0.15, 0.2) is 0 Å². The van der Waals surface area contributed by atoms with Gasteiger partial charge in [-0.25, -0.2) is 4.98 Å². The summed E-state index contributed by atoms with van der Waals surface area (Å²) in [4.78, 5) is 10.2. The van der Waals surface area contributed by atoms with E-state index in [-0.39, 0.29) is 6.61 Å². The molecule has 0 radical (unpaired) electrons. The molecular formula is C11H13N3O2. The highest BCUT2D eigenvalue weighted by molar-refractivity contribution is 5.35. The minimum atomic E-state index is -0.0846. The van der Waals surface area contributed by atoms with Gasteiger partial charge in [-0.3, -0.25) is 4.98 Å². The van der Waals surface area contributed by atoms with Crippen molar-refractivity contribution in [1.82, 2.24) is 9.97 Å². The highest BCUT2D eigenvalue weighted by atomic mass is 16.3. The third kappa shape index (κ3) is 2.38. The van der Waals surface area contributed by atoms with E-state index in [0.717, 1.165) is 11.4 Å². The van der Waals surface area contributed by atoms with Gasteiger partial charge in [0.1, 0.15) is 5.82 Å². The van der Waals surface area contributed by atoms with E-state index < -0.39 is 0 Å². The molecule has 2 heterocycles. The Balaban J connectivity index is 2.05. The van der Waals surface area contributed by atoms with Gasteiger partial charge in [0, 0.05) is 19.2 Å². The van der Waals surface area contributed by atoms with Crippen LogP contribution in [-0.2, 0) is 13.2 Å². The number of anilines is 1. The molecule has 5 heteroatoms. The van der Waals surface area contributed by atoms with Crippen LogP contribution in [0.4, 0.5) is 5.82 Å². The summed E-state index contributed by atoms with van der Waals surface area (Å²) < 4.78 is 4.99. The van der Waals surface area contributed by atoms with Gasteiger partial charge in [0.25, 0.3) is 0 Å². The quantitative estimate of drug-likeness (QED) is 0.837. The molecule has 0 bridgehead atoms. The van der Waals surface area contributed by atoms with E-state index in [9.17, 15) is 0 Å². The second-order valence-electron chi connectivity index (χ2n) is 3.51. The first kappa shape index (κ1) is 10.6. The van der Waals surface area contributed by atoms with Gasteiger partial charge in [-0.2, -0.15) is 0 Å². The van der Waals surface area contributed by atoms with Gasteiger partial charge in [-0.1, -0.05) is 0 Å². The Kier molecular flexibility index (Phi) is 3.16. The molecule has 2 rings (SSSR count). The molecule has 0 aliphatic heterocycles. The molecule has 2 aromatic rings. The molecule has 1 N–H and O–H groups in total. The lowest BCUT2D eigenvalue weighted by molar-refractivity contribution is 0.276. The molecule has 0 aliphatic rings. The monoisotopic (exact) mass is 219 g/mol. The maximum Gasteiger partial charge on any atom is 0.147 e. The first-order valence-corrected chi connectivity index (χ1v) is 4.93. The zero-order valence-corrected chi connectivity index (χ0v) is 9.00. The van der Waals surface area contributed by atoms with Gasteiger partial charge in [0.2, 0.25) is 0 Å². The fraction of sp³-hybridized carbons (Fsp3) is 0.273. The van der Waals surface area contributed by atoms with Crippen LogP contribution in [0.2, 0.25) is 0 Å². The Labute approximate surface area is 93.4 Å². The van der Waals surface area contributed by atoms with Crippen molar-refractivity contribution < 1.29 is 9.52 Å². The molecule has 0 saturated carbocycles. The van der Waals surface area contributed by atoms with Crippen molar-refractivity contribution in [2.75, 3.05) is 11.9 Å². The number of aliphatic hydroxyl groups excluding tert-OH is 1. The Bertz CT molecular complexity index is 425. The fourth-order valence-corrected chi connectivity index (χ4v) is 1.36. The van der Waals surface area contributed by atoms with Crippen LogP contribution in [0.5, 0.6) is 0 Å². The smallest absolute Gasteiger partial charge is 0.147 e. The van der Waals surface area contributed by atoms with Crippen molar-refractivity contribution in [3.63, 3.8) is 0 Å². The molecule has 16 heavy (non-hydrogen) atoms. The second-order valence-corrected chi connectivity index (χ2v) is 3.51. The lowest BCUT2D eigenvalue weighted by Crippen LogP contribution is -2.17. The van der Waals surface area contributed by atoms with Gasteiger partial charge in [-0.15, -0.1) is 0 Å². The molecule has 0 spiro atoms. The van der Waals surface area contributed by atoms with Crippen LogP contribution in [0.3, 0.4) is 0 Å². The first-order valence-electron chi connectivity index (χ1n) is 4.93. The number of hydrogen-bond donors (Lipinski definition) is 1. The summed E-state index contributed by atoms with van der Waals surface area (Å²) in [5.41, 5.74) is 1.65. The molecule has 0 atom stereocenters. The SMILES string of the molecule is CN(Cc1ccoc1)c1cnc(CO)cn1. The second kappa shape index (κ2) is 4.76. The fourth-order valence-electron chi connectivity index (χ4n) is 1.36. The zero-order valence-electron chi connectivity index (χ0n) is 9.00. The maximum absolute atomic E-state index is 8.85. The molecule has 84 valence electrons. The summed E-state index contributed by atoms with van der Waals surface area (Å²) >= 11 is 0. The summed E-state index contributed by atoms with van der Waals surface area (Å²) in [5.74, 6) is 0.762. The summed E-state index contributed by atoms with van der Waals surface area (Å²) in [6, 6.07) is 1.91. The van der Waals surface area contributed by atoms with Crippen molar-refractivity contribution in [2.45, 2.75) is 13.2 Å². The van der Waals surface area contributed by atoms with Crippen LogP contribution in [0.15, 0.2) is 35.4 Å². The predicted molar refractivity (Wildman–Crippen MR) is 58.8 cm³/mol. The molecule has 0 aliphatic carbocycles. The summed E-state index contributed by atoms with van der Waals surface area (Å²) in [7, 11) is 1.93. The van der Waals surface area contributed by atoms with E-state index in [2.05, 4.69) is 9.97 Å². The van der Waals surface area contributed by atoms with Crippen molar-refractivity contribution in [2.24, 2.45) is 0 Å². The molecular weight excluding hydrogens is 206 g/mol. The Morgan fingerprint density at radius 1 is 1.38 bits per heavy atom. The number of aromatic nitrogens is 2. The molecule has 0 saturated heterocycles. The average Bonchev–Trinajstić information content (AvgIpc) is 2.82. The van der Waals surface area contributed by atoms with E-state index in [0.29, 0.717) is 12.2 Å². The third-order valence-corrected chi connectivity index (χ3v) is 2.24. The molecule has 0 aromatic carbocycles. The number of hydrogen-bond acceptors (Lipinski definition) is 5.